The van der Waals surface area contributed by atoms with E-state index >= 15 is 0 Å². The topological polar surface area (TPSA) is 115 Å². The number of carbonyl (C=O) groups is 2. The van der Waals surface area contributed by atoms with Gasteiger partial charge in [0.05, 0.1) is 0 Å². The lowest BCUT2D eigenvalue weighted by Crippen LogP contribution is -1.99. The molecule has 6 nitrogen and oxygen atoms in total. The second-order valence-electron chi connectivity index (χ2n) is 7.65. The average molecular weight is 414 g/mol. The Labute approximate surface area is 176 Å². The van der Waals surface area contributed by atoms with Crippen LogP contribution in [0.15, 0.2) is 36.4 Å². The summed E-state index contributed by atoms with van der Waals surface area (Å²) in [7, 11) is 0. The van der Waals surface area contributed by atoms with Crippen molar-refractivity contribution in [2.24, 2.45) is 0 Å². The van der Waals surface area contributed by atoms with Crippen molar-refractivity contribution in [1.29, 1.82) is 0 Å². The highest BCUT2D eigenvalue weighted by Crippen LogP contribution is 2.23. The Bertz CT molecular complexity index is 747. The third-order valence-electron chi connectivity index (χ3n) is 5.01. The van der Waals surface area contributed by atoms with Crippen molar-refractivity contribution in [3.05, 3.63) is 47.5 Å². The minimum atomic E-state index is -0.111. The minimum absolute atomic E-state index is 0.0779. The molecule has 0 amide bonds. The molecule has 4 N–H and O–H groups in total. The van der Waals surface area contributed by atoms with Crippen molar-refractivity contribution in [3.8, 4) is 23.0 Å². The van der Waals surface area contributed by atoms with E-state index in [-0.39, 0.29) is 34.6 Å². The number of hydrogen-bond donors (Lipinski definition) is 4. The van der Waals surface area contributed by atoms with E-state index in [9.17, 15) is 30.0 Å². The first-order chi connectivity index (χ1) is 14.3. The third kappa shape index (κ3) is 8.15. The Morgan fingerprint density at radius 3 is 1.03 bits per heavy atom. The number of phenolic OH excluding ortho intramolecular Hbond substituents is 4. The molecule has 2 rings (SSSR count). The van der Waals surface area contributed by atoms with E-state index in [1.807, 2.05) is 0 Å². The molecule has 0 atom stereocenters. The Hall–Kier alpha value is -3.02. The van der Waals surface area contributed by atoms with Crippen LogP contribution >= 0.6 is 0 Å². The lowest BCUT2D eigenvalue weighted by molar-refractivity contribution is 0.0970. The van der Waals surface area contributed by atoms with Gasteiger partial charge in [0.2, 0.25) is 0 Å². The van der Waals surface area contributed by atoms with E-state index in [2.05, 4.69) is 0 Å². The first kappa shape index (κ1) is 23.3. The number of hydrogen-bond acceptors (Lipinski definition) is 6. The maximum absolute atomic E-state index is 12.1. The molecule has 0 aliphatic heterocycles. The summed E-state index contributed by atoms with van der Waals surface area (Å²) >= 11 is 0. The van der Waals surface area contributed by atoms with Crippen LogP contribution < -0.4 is 0 Å². The maximum atomic E-state index is 12.1. The van der Waals surface area contributed by atoms with Crippen molar-refractivity contribution in [3.63, 3.8) is 0 Å². The third-order valence-corrected chi connectivity index (χ3v) is 5.01. The number of rotatable bonds is 13. The molecule has 0 aromatic heterocycles. The van der Waals surface area contributed by atoms with Crippen LogP contribution in [0.4, 0.5) is 0 Å². The van der Waals surface area contributed by atoms with E-state index < -0.39 is 0 Å². The van der Waals surface area contributed by atoms with E-state index in [0.717, 1.165) is 51.4 Å². The SMILES string of the molecule is O=C(CCCCCCCCCCC(=O)c1cc(O)cc(O)c1)c1cc(O)cc(O)c1. The molecule has 0 aliphatic carbocycles. The quantitative estimate of drug-likeness (QED) is 0.255. The van der Waals surface area contributed by atoms with Gasteiger partial charge in [-0.15, -0.1) is 0 Å². The van der Waals surface area contributed by atoms with Crippen molar-refractivity contribution in [2.75, 3.05) is 0 Å². The van der Waals surface area contributed by atoms with Crippen LogP contribution in [0.1, 0.15) is 84.9 Å². The highest BCUT2D eigenvalue weighted by Gasteiger charge is 2.09. The Kier molecular flexibility index (Phi) is 9.19. The molecule has 30 heavy (non-hydrogen) atoms. The summed E-state index contributed by atoms with van der Waals surface area (Å²) in [6, 6.07) is 7.88. The normalized spacial score (nSPS) is 10.8. The molecule has 6 heteroatoms. The molecule has 0 saturated carbocycles. The lowest BCUT2D eigenvalue weighted by Gasteiger charge is -2.05. The minimum Gasteiger partial charge on any atom is -0.508 e. The van der Waals surface area contributed by atoms with Gasteiger partial charge in [-0.2, -0.15) is 0 Å². The molecule has 162 valence electrons. The standard InChI is InChI=1S/C24H30O6/c25-19-11-17(12-20(26)15-19)23(29)9-7-5-3-1-2-4-6-8-10-24(30)18-13-21(27)16-22(28)14-18/h11-16,25-28H,1-10H2. The van der Waals surface area contributed by atoms with E-state index in [0.29, 0.717) is 24.0 Å². The molecule has 2 aromatic rings. The van der Waals surface area contributed by atoms with Crippen LogP contribution in [0.2, 0.25) is 0 Å². The van der Waals surface area contributed by atoms with Gasteiger partial charge in [0, 0.05) is 36.1 Å². The summed E-state index contributed by atoms with van der Waals surface area (Å²) in [5, 5.41) is 37.7. The van der Waals surface area contributed by atoms with Gasteiger partial charge in [-0.25, -0.2) is 0 Å². The zero-order valence-corrected chi connectivity index (χ0v) is 17.1. The number of ketones is 2. The second-order valence-corrected chi connectivity index (χ2v) is 7.65. The molecule has 0 radical (unpaired) electrons. The van der Waals surface area contributed by atoms with Gasteiger partial charge in [0.1, 0.15) is 23.0 Å². The van der Waals surface area contributed by atoms with Crippen LogP contribution in [0.3, 0.4) is 0 Å². The summed E-state index contributed by atoms with van der Waals surface area (Å²) in [6.45, 7) is 0. The Balaban J connectivity index is 1.50. The number of aromatic hydroxyl groups is 4. The molecule has 0 heterocycles. The van der Waals surface area contributed by atoms with E-state index in [4.69, 9.17) is 0 Å². The van der Waals surface area contributed by atoms with Crippen LogP contribution in [0.25, 0.3) is 0 Å². The van der Waals surface area contributed by atoms with Gasteiger partial charge in [0.15, 0.2) is 11.6 Å². The first-order valence-electron chi connectivity index (χ1n) is 10.5. The average Bonchev–Trinajstić information content (AvgIpc) is 2.67. The fraction of sp³-hybridized carbons (Fsp3) is 0.417. The number of Topliss-reactive ketones (excluding diaryl/α,β-unsaturated/α-hetero) is 2. The van der Waals surface area contributed by atoms with Crippen LogP contribution in [-0.2, 0) is 0 Å². The molecule has 0 fully saturated rings. The fourth-order valence-electron chi connectivity index (χ4n) is 3.43. The summed E-state index contributed by atoms with van der Waals surface area (Å²) in [4.78, 5) is 24.1. The van der Waals surface area contributed by atoms with E-state index in [1.54, 1.807) is 0 Å². The molecular weight excluding hydrogens is 384 g/mol. The monoisotopic (exact) mass is 414 g/mol. The summed E-state index contributed by atoms with van der Waals surface area (Å²) in [6.07, 6.45) is 8.50. The van der Waals surface area contributed by atoms with Gasteiger partial charge in [-0.05, 0) is 37.1 Å². The molecule has 2 aromatic carbocycles. The fourth-order valence-corrected chi connectivity index (χ4v) is 3.43. The van der Waals surface area contributed by atoms with Crippen molar-refractivity contribution in [1.82, 2.24) is 0 Å². The van der Waals surface area contributed by atoms with Crippen LogP contribution in [-0.4, -0.2) is 32.0 Å². The molecule has 0 saturated heterocycles. The van der Waals surface area contributed by atoms with Crippen molar-refractivity contribution < 1.29 is 30.0 Å². The summed E-state index contributed by atoms with van der Waals surface area (Å²) in [5.41, 5.74) is 0.672. The highest BCUT2D eigenvalue weighted by atomic mass is 16.3. The Morgan fingerprint density at radius 2 is 0.733 bits per heavy atom. The molecule has 0 aliphatic rings. The van der Waals surface area contributed by atoms with Crippen molar-refractivity contribution >= 4 is 11.6 Å². The van der Waals surface area contributed by atoms with Gasteiger partial charge < -0.3 is 20.4 Å². The predicted molar refractivity (Wildman–Crippen MR) is 114 cm³/mol. The van der Waals surface area contributed by atoms with Crippen LogP contribution in [0.5, 0.6) is 23.0 Å². The maximum Gasteiger partial charge on any atom is 0.163 e. The smallest absolute Gasteiger partial charge is 0.163 e. The summed E-state index contributed by atoms with van der Waals surface area (Å²) in [5.74, 6) is -0.600. The van der Waals surface area contributed by atoms with Gasteiger partial charge in [-0.1, -0.05) is 38.5 Å². The zero-order chi connectivity index (χ0) is 21.9. The Morgan fingerprint density at radius 1 is 0.467 bits per heavy atom. The number of benzene rings is 2. The predicted octanol–water partition coefficient (Wildman–Crippen LogP) is 5.48. The number of phenols is 4. The van der Waals surface area contributed by atoms with E-state index in [1.165, 1.54) is 36.4 Å². The largest absolute Gasteiger partial charge is 0.508 e. The van der Waals surface area contributed by atoms with Crippen LogP contribution in [0, 0.1) is 0 Å². The van der Waals surface area contributed by atoms with Gasteiger partial charge >= 0.3 is 0 Å². The van der Waals surface area contributed by atoms with Gasteiger partial charge in [0.25, 0.3) is 0 Å². The lowest BCUT2D eigenvalue weighted by atomic mass is 10.0. The van der Waals surface area contributed by atoms with Gasteiger partial charge in [-0.3, -0.25) is 9.59 Å². The van der Waals surface area contributed by atoms with Crippen molar-refractivity contribution in [2.45, 2.75) is 64.2 Å². The number of carbonyl (C=O) groups excluding carboxylic acids is 2. The molecular formula is C24H30O6. The second kappa shape index (κ2) is 11.9. The molecule has 0 bridgehead atoms. The molecule has 0 spiro atoms. The number of unbranched alkanes of at least 4 members (excludes halogenated alkanes) is 7. The zero-order valence-electron chi connectivity index (χ0n) is 17.1. The first-order valence-corrected chi connectivity index (χ1v) is 10.5. The highest BCUT2D eigenvalue weighted by molar-refractivity contribution is 5.97. The summed E-state index contributed by atoms with van der Waals surface area (Å²) < 4.78 is 0. The molecule has 0 unspecified atom stereocenters.